The van der Waals surface area contributed by atoms with Gasteiger partial charge in [-0.15, -0.1) is 0 Å². The monoisotopic (exact) mass is 359 g/mol. The molecule has 2 aromatic rings. The van der Waals surface area contributed by atoms with Gasteiger partial charge < -0.3 is 0 Å². The normalized spacial score (nSPS) is 22.6. The minimum absolute atomic E-state index is 0.0181. The number of sulfonamides is 1. The van der Waals surface area contributed by atoms with Gasteiger partial charge in [-0.3, -0.25) is 0 Å². The van der Waals surface area contributed by atoms with Crippen molar-refractivity contribution in [2.24, 2.45) is 5.41 Å². The molecular weight excluding hydrogens is 334 g/mol. The molecule has 1 atom stereocenters. The molecular formula is C19H25N3O2S. The summed E-state index contributed by atoms with van der Waals surface area (Å²) in [5.74, 6) is 0. The lowest BCUT2D eigenvalue weighted by Crippen LogP contribution is -2.38. The Kier molecular flexibility index (Phi) is 3.81. The van der Waals surface area contributed by atoms with Crippen LogP contribution in [0.25, 0.3) is 5.69 Å². The van der Waals surface area contributed by atoms with Gasteiger partial charge >= 0.3 is 0 Å². The average Bonchev–Trinajstić information content (AvgIpc) is 3.29. The molecule has 2 aliphatic carbocycles. The minimum Gasteiger partial charge on any atom is -0.237 e. The van der Waals surface area contributed by atoms with Crippen molar-refractivity contribution in [1.29, 1.82) is 0 Å². The molecule has 0 saturated heterocycles. The number of aryl methyl sites for hydroxylation is 1. The summed E-state index contributed by atoms with van der Waals surface area (Å²) in [5.41, 5.74) is 4.38. The topological polar surface area (TPSA) is 64.0 Å². The molecule has 1 N–H and O–H groups in total. The first-order valence-corrected chi connectivity index (χ1v) is 10.5. The summed E-state index contributed by atoms with van der Waals surface area (Å²) in [4.78, 5) is 0. The van der Waals surface area contributed by atoms with E-state index in [9.17, 15) is 8.42 Å². The van der Waals surface area contributed by atoms with E-state index in [2.05, 4.69) is 42.7 Å². The second kappa shape index (κ2) is 5.68. The van der Waals surface area contributed by atoms with Crippen LogP contribution < -0.4 is 4.72 Å². The van der Waals surface area contributed by atoms with Crippen LogP contribution in [0.2, 0.25) is 0 Å². The molecule has 1 saturated carbocycles. The number of nitrogens with one attached hydrogen (secondary N) is 1. The first-order valence-electron chi connectivity index (χ1n) is 8.91. The molecule has 0 radical (unpaired) electrons. The first-order chi connectivity index (χ1) is 11.8. The molecule has 0 amide bonds. The van der Waals surface area contributed by atoms with E-state index in [0.717, 1.165) is 48.2 Å². The van der Waals surface area contributed by atoms with Crippen LogP contribution in [0.4, 0.5) is 0 Å². The number of rotatable bonds is 4. The van der Waals surface area contributed by atoms with Crippen LogP contribution in [-0.4, -0.2) is 23.4 Å². The summed E-state index contributed by atoms with van der Waals surface area (Å²) in [5, 5.41) is 4.42. The Morgan fingerprint density at radius 2 is 1.96 bits per heavy atom. The first kappa shape index (κ1) is 16.8. The third-order valence-electron chi connectivity index (χ3n) is 5.29. The average molecular weight is 359 g/mol. The molecule has 4 rings (SSSR count). The molecule has 134 valence electrons. The Balaban J connectivity index is 1.76. The molecule has 1 aromatic heterocycles. The summed E-state index contributed by atoms with van der Waals surface area (Å²) in [6.45, 7) is 6.47. The van der Waals surface area contributed by atoms with E-state index in [-0.39, 0.29) is 16.7 Å². The predicted octanol–water partition coefficient (Wildman–Crippen LogP) is 3.28. The second-order valence-electron chi connectivity index (χ2n) is 8.20. The van der Waals surface area contributed by atoms with Gasteiger partial charge in [0.25, 0.3) is 0 Å². The molecule has 0 unspecified atom stereocenters. The molecule has 6 heteroatoms. The van der Waals surface area contributed by atoms with Crippen molar-refractivity contribution in [2.75, 3.05) is 0 Å². The minimum atomic E-state index is -3.23. The van der Waals surface area contributed by atoms with E-state index in [4.69, 9.17) is 0 Å². The van der Waals surface area contributed by atoms with Crippen molar-refractivity contribution in [3.8, 4) is 5.69 Å². The summed E-state index contributed by atoms with van der Waals surface area (Å²) in [7, 11) is -3.23. The quantitative estimate of drug-likeness (QED) is 0.911. The molecule has 0 spiro atoms. The number of benzene rings is 1. The van der Waals surface area contributed by atoms with E-state index >= 15 is 0 Å². The van der Waals surface area contributed by atoms with Crippen LogP contribution >= 0.6 is 0 Å². The molecule has 1 fully saturated rings. The van der Waals surface area contributed by atoms with Crippen molar-refractivity contribution in [3.63, 3.8) is 0 Å². The number of aromatic nitrogens is 2. The Labute approximate surface area is 149 Å². The zero-order chi connectivity index (χ0) is 17.8. The number of fused-ring (bicyclic) bond motifs is 1. The predicted molar refractivity (Wildman–Crippen MR) is 98.2 cm³/mol. The van der Waals surface area contributed by atoms with Crippen LogP contribution in [0, 0.1) is 12.3 Å². The van der Waals surface area contributed by atoms with Gasteiger partial charge in [-0.1, -0.05) is 32.0 Å². The largest absolute Gasteiger partial charge is 0.237 e. The maximum Gasteiger partial charge on any atom is 0.215 e. The van der Waals surface area contributed by atoms with E-state index in [1.807, 2.05) is 23.0 Å². The summed E-state index contributed by atoms with van der Waals surface area (Å²) in [6.07, 6.45) is 5.09. The lowest BCUT2D eigenvalue weighted by molar-refractivity contribution is 0.268. The Bertz CT molecular complexity index is 911. The van der Waals surface area contributed by atoms with E-state index < -0.39 is 10.0 Å². The molecule has 0 bridgehead atoms. The third kappa shape index (κ3) is 3.13. The number of para-hydroxylation sites is 1. The van der Waals surface area contributed by atoms with Gasteiger partial charge in [0.1, 0.15) is 0 Å². The fourth-order valence-corrected chi connectivity index (χ4v) is 5.39. The van der Waals surface area contributed by atoms with E-state index in [1.165, 1.54) is 0 Å². The smallest absolute Gasteiger partial charge is 0.215 e. The highest BCUT2D eigenvalue weighted by Crippen LogP contribution is 2.42. The van der Waals surface area contributed by atoms with Gasteiger partial charge in [0.2, 0.25) is 10.0 Å². The fraction of sp³-hybridized carbons (Fsp3) is 0.526. The number of nitrogens with zero attached hydrogens (tertiary/aromatic N) is 2. The molecule has 0 aliphatic heterocycles. The maximum atomic E-state index is 12.5. The van der Waals surface area contributed by atoms with Gasteiger partial charge in [0, 0.05) is 11.3 Å². The van der Waals surface area contributed by atoms with Gasteiger partial charge in [0.05, 0.1) is 23.2 Å². The van der Waals surface area contributed by atoms with Gasteiger partial charge in [-0.2, -0.15) is 5.10 Å². The summed E-state index contributed by atoms with van der Waals surface area (Å²) in [6, 6.07) is 7.98. The van der Waals surface area contributed by atoms with Gasteiger partial charge in [0.15, 0.2) is 0 Å². The maximum absolute atomic E-state index is 12.5. The van der Waals surface area contributed by atoms with Crippen molar-refractivity contribution in [2.45, 2.75) is 57.7 Å². The zero-order valence-corrected chi connectivity index (χ0v) is 15.8. The summed E-state index contributed by atoms with van der Waals surface area (Å²) >= 11 is 0. The van der Waals surface area contributed by atoms with Crippen LogP contribution in [0.3, 0.4) is 0 Å². The highest BCUT2D eigenvalue weighted by molar-refractivity contribution is 7.90. The van der Waals surface area contributed by atoms with Crippen molar-refractivity contribution in [3.05, 3.63) is 47.3 Å². The zero-order valence-electron chi connectivity index (χ0n) is 15.0. The molecule has 1 heterocycles. The number of hydrogen-bond acceptors (Lipinski definition) is 3. The fourth-order valence-electron chi connectivity index (χ4n) is 3.83. The third-order valence-corrected chi connectivity index (χ3v) is 7.25. The Morgan fingerprint density at radius 3 is 2.64 bits per heavy atom. The molecule has 25 heavy (non-hydrogen) atoms. The van der Waals surface area contributed by atoms with Crippen LogP contribution in [-0.2, 0) is 16.4 Å². The van der Waals surface area contributed by atoms with Crippen LogP contribution in [0.5, 0.6) is 0 Å². The van der Waals surface area contributed by atoms with Crippen molar-refractivity contribution < 1.29 is 8.42 Å². The van der Waals surface area contributed by atoms with E-state index in [0.29, 0.717) is 0 Å². The molecule has 2 aliphatic rings. The van der Waals surface area contributed by atoms with Crippen LogP contribution in [0.1, 0.15) is 56.0 Å². The van der Waals surface area contributed by atoms with Gasteiger partial charge in [-0.25, -0.2) is 17.8 Å². The standard InChI is InChI=1S/C19H25N3O2S/c1-13-6-4-5-7-17(13)22-18-11-19(2,3)10-16(15(18)12-20-22)21-25(23,24)14-8-9-14/h4-7,12,14,16,21H,8-11H2,1-3H3/t16-/m1/s1. The summed E-state index contributed by atoms with van der Waals surface area (Å²) < 4.78 is 29.9. The highest BCUT2D eigenvalue weighted by atomic mass is 32.2. The lowest BCUT2D eigenvalue weighted by atomic mass is 9.74. The van der Waals surface area contributed by atoms with E-state index in [1.54, 1.807) is 0 Å². The second-order valence-corrected chi connectivity index (χ2v) is 10.2. The highest BCUT2D eigenvalue weighted by Gasteiger charge is 2.41. The Hall–Kier alpha value is -1.66. The number of hydrogen-bond donors (Lipinski definition) is 1. The molecule has 1 aromatic carbocycles. The molecule has 5 nitrogen and oxygen atoms in total. The lowest BCUT2D eigenvalue weighted by Gasteiger charge is -2.36. The van der Waals surface area contributed by atoms with Gasteiger partial charge in [-0.05, 0) is 49.7 Å². The van der Waals surface area contributed by atoms with Crippen LogP contribution in [0.15, 0.2) is 30.5 Å². The Morgan fingerprint density at radius 1 is 1.24 bits per heavy atom. The van der Waals surface area contributed by atoms with Crippen molar-refractivity contribution >= 4 is 10.0 Å². The SMILES string of the molecule is Cc1ccccc1-n1ncc2c1CC(C)(C)C[C@H]2NS(=O)(=O)C1CC1. The van der Waals surface area contributed by atoms with Crippen molar-refractivity contribution in [1.82, 2.24) is 14.5 Å².